The van der Waals surface area contributed by atoms with Crippen LogP contribution >= 0.6 is 35.3 Å². The van der Waals surface area contributed by atoms with Crippen LogP contribution in [0.1, 0.15) is 23.0 Å². The zero-order valence-electron chi connectivity index (χ0n) is 18.3. The molecule has 0 aliphatic rings. The Morgan fingerprint density at radius 1 is 1.22 bits per heavy atom. The maximum atomic E-state index is 13.5. The molecule has 0 aliphatic carbocycles. The predicted octanol–water partition coefficient (Wildman–Crippen LogP) is 6.03. The minimum Gasteiger partial charge on any atom is -0.490 e. The zero-order valence-corrected chi connectivity index (χ0v) is 20.7. The van der Waals surface area contributed by atoms with Crippen molar-refractivity contribution in [3.8, 4) is 5.75 Å². The number of nitrogens with zero attached hydrogens (tertiary/aromatic N) is 3. The van der Waals surface area contributed by atoms with E-state index in [-0.39, 0.29) is 24.1 Å². The largest absolute Gasteiger partial charge is 0.490 e. The van der Waals surface area contributed by atoms with Crippen LogP contribution in [0.5, 0.6) is 5.75 Å². The van der Waals surface area contributed by atoms with Crippen molar-refractivity contribution in [1.82, 2.24) is 9.88 Å². The Balaban J connectivity index is 0.00000289. The highest BCUT2D eigenvalue weighted by molar-refractivity contribution is 7.23. The number of halogens is 2. The van der Waals surface area contributed by atoms with Crippen LogP contribution < -0.4 is 9.64 Å². The van der Waals surface area contributed by atoms with Crippen LogP contribution in [-0.2, 0) is 0 Å². The molecule has 2 heterocycles. The van der Waals surface area contributed by atoms with Crippen LogP contribution in [0.2, 0.25) is 5.02 Å². The van der Waals surface area contributed by atoms with Crippen molar-refractivity contribution >= 4 is 67.6 Å². The van der Waals surface area contributed by atoms with Gasteiger partial charge in [0.15, 0.2) is 22.2 Å². The first kappa shape index (κ1) is 24.3. The fourth-order valence-electron chi connectivity index (χ4n) is 3.33. The summed E-state index contributed by atoms with van der Waals surface area (Å²) >= 11 is 7.81. The van der Waals surface area contributed by atoms with Gasteiger partial charge < -0.3 is 14.1 Å². The molecule has 2 aromatic carbocycles. The van der Waals surface area contributed by atoms with Gasteiger partial charge in [0.2, 0.25) is 0 Å². The molecule has 2 aromatic heterocycles. The summed E-state index contributed by atoms with van der Waals surface area (Å²) in [5.74, 6) is 0.637. The Hall–Kier alpha value is -2.32. The third-order valence-corrected chi connectivity index (χ3v) is 6.49. The van der Waals surface area contributed by atoms with Gasteiger partial charge >= 0.3 is 0 Å². The SMILES string of the molecule is CCOc1cccc2cc(C(=O)N(CCN(C)C)c3nc4c(C)ccc(Cl)c4s3)oc12.Cl. The van der Waals surface area contributed by atoms with E-state index < -0.39 is 0 Å². The number of hydrogen-bond donors (Lipinski definition) is 0. The highest BCUT2D eigenvalue weighted by Gasteiger charge is 2.26. The topological polar surface area (TPSA) is 58.8 Å². The van der Waals surface area contributed by atoms with Crippen LogP contribution in [-0.4, -0.2) is 49.6 Å². The van der Waals surface area contributed by atoms with E-state index in [9.17, 15) is 4.79 Å². The standard InChI is InChI=1S/C23H24ClN3O3S.ClH/c1-5-29-17-8-6-7-15-13-18(30-20(15)17)22(28)27(12-11-26(3)4)23-25-19-14(2)9-10-16(24)21(19)31-23;/h6-10,13H,5,11-12H2,1-4H3;1H. The first-order chi connectivity index (χ1) is 14.9. The van der Waals surface area contributed by atoms with E-state index in [1.807, 2.05) is 63.2 Å². The molecular formula is C23H25Cl2N3O3S. The van der Waals surface area contributed by atoms with Gasteiger partial charge in [0, 0.05) is 18.5 Å². The molecule has 0 saturated heterocycles. The van der Waals surface area contributed by atoms with Crippen molar-refractivity contribution < 1.29 is 13.9 Å². The second-order valence-corrected chi connectivity index (χ2v) is 8.90. The lowest BCUT2D eigenvalue weighted by Crippen LogP contribution is -2.36. The van der Waals surface area contributed by atoms with E-state index >= 15 is 0 Å². The number of anilines is 1. The molecule has 0 unspecified atom stereocenters. The molecule has 4 rings (SSSR count). The second-order valence-electron chi connectivity index (χ2n) is 7.52. The zero-order chi connectivity index (χ0) is 22.1. The number of hydrogen-bond acceptors (Lipinski definition) is 6. The lowest BCUT2D eigenvalue weighted by Gasteiger charge is -2.20. The van der Waals surface area contributed by atoms with Gasteiger partial charge in [-0.1, -0.05) is 41.1 Å². The van der Waals surface area contributed by atoms with Gasteiger partial charge in [0.05, 0.1) is 21.8 Å². The molecule has 0 radical (unpaired) electrons. The van der Waals surface area contributed by atoms with Crippen LogP contribution in [0.25, 0.3) is 21.2 Å². The molecule has 0 bridgehead atoms. The molecule has 0 atom stereocenters. The van der Waals surface area contributed by atoms with Gasteiger partial charge in [-0.3, -0.25) is 9.69 Å². The minimum absolute atomic E-state index is 0. The molecule has 0 N–H and O–H groups in total. The van der Waals surface area contributed by atoms with Gasteiger partial charge in [0.25, 0.3) is 5.91 Å². The fraction of sp³-hybridized carbons (Fsp3) is 0.304. The number of amides is 1. The summed E-state index contributed by atoms with van der Waals surface area (Å²) in [6.07, 6.45) is 0. The number of aryl methyl sites for hydroxylation is 1. The smallest absolute Gasteiger partial charge is 0.295 e. The molecular weight excluding hydrogens is 469 g/mol. The van der Waals surface area contributed by atoms with Crippen LogP contribution in [0.4, 0.5) is 5.13 Å². The van der Waals surface area contributed by atoms with Gasteiger partial charge in [-0.05, 0) is 51.7 Å². The number of ether oxygens (including phenoxy) is 1. The summed E-state index contributed by atoms with van der Waals surface area (Å²) in [4.78, 5) is 22.0. The van der Waals surface area contributed by atoms with Crippen molar-refractivity contribution in [1.29, 1.82) is 0 Å². The average molecular weight is 494 g/mol. The Morgan fingerprint density at radius 2 is 2.00 bits per heavy atom. The molecule has 0 saturated carbocycles. The van der Waals surface area contributed by atoms with E-state index in [1.54, 1.807) is 11.0 Å². The summed E-state index contributed by atoms with van der Waals surface area (Å²) in [5.41, 5.74) is 2.41. The molecule has 1 amide bonds. The predicted molar refractivity (Wildman–Crippen MR) is 134 cm³/mol. The number of likely N-dealkylation sites (N-methyl/N-ethyl adjacent to an activating group) is 1. The summed E-state index contributed by atoms with van der Waals surface area (Å²) in [6, 6.07) is 11.2. The Morgan fingerprint density at radius 3 is 2.69 bits per heavy atom. The molecule has 6 nitrogen and oxygen atoms in total. The normalized spacial score (nSPS) is 11.2. The highest BCUT2D eigenvalue weighted by atomic mass is 35.5. The van der Waals surface area contributed by atoms with Crippen molar-refractivity contribution in [3.63, 3.8) is 0 Å². The summed E-state index contributed by atoms with van der Waals surface area (Å²) in [7, 11) is 3.94. The van der Waals surface area contributed by atoms with Gasteiger partial charge in [0.1, 0.15) is 0 Å². The summed E-state index contributed by atoms with van der Waals surface area (Å²) < 4.78 is 12.5. The molecule has 4 aromatic rings. The average Bonchev–Trinajstić information content (AvgIpc) is 3.37. The lowest BCUT2D eigenvalue weighted by molar-refractivity contribution is 0.0960. The van der Waals surface area contributed by atoms with E-state index in [4.69, 9.17) is 25.7 Å². The molecule has 0 aliphatic heterocycles. The lowest BCUT2D eigenvalue weighted by atomic mass is 10.2. The number of aromatic nitrogens is 1. The van der Waals surface area contributed by atoms with E-state index in [1.165, 1.54) is 11.3 Å². The van der Waals surface area contributed by atoms with Gasteiger partial charge in [-0.2, -0.15) is 0 Å². The number of carbonyl (C=O) groups excluding carboxylic acids is 1. The molecule has 32 heavy (non-hydrogen) atoms. The minimum atomic E-state index is -0.242. The van der Waals surface area contributed by atoms with Gasteiger partial charge in [-0.25, -0.2) is 4.98 Å². The molecule has 170 valence electrons. The van der Waals surface area contributed by atoms with Crippen LogP contribution in [0.15, 0.2) is 40.8 Å². The van der Waals surface area contributed by atoms with Crippen molar-refractivity contribution in [2.75, 3.05) is 38.7 Å². The van der Waals surface area contributed by atoms with Gasteiger partial charge in [-0.15, -0.1) is 12.4 Å². The number of carbonyl (C=O) groups is 1. The number of thiazole rings is 1. The number of para-hydroxylation sites is 1. The van der Waals surface area contributed by atoms with Crippen LogP contribution in [0.3, 0.4) is 0 Å². The Bertz CT molecular complexity index is 1210. The quantitative estimate of drug-likeness (QED) is 0.314. The highest BCUT2D eigenvalue weighted by Crippen LogP contribution is 2.37. The van der Waals surface area contributed by atoms with E-state index in [0.717, 1.165) is 21.2 Å². The molecule has 9 heteroatoms. The van der Waals surface area contributed by atoms with Crippen molar-refractivity contribution in [2.24, 2.45) is 0 Å². The van der Waals surface area contributed by atoms with E-state index in [2.05, 4.69) is 0 Å². The maximum absolute atomic E-state index is 13.5. The third-order valence-electron chi connectivity index (χ3n) is 4.95. The Kier molecular flexibility index (Phi) is 7.67. The van der Waals surface area contributed by atoms with Crippen molar-refractivity contribution in [3.05, 3.63) is 52.7 Å². The first-order valence-corrected chi connectivity index (χ1v) is 11.3. The first-order valence-electron chi connectivity index (χ1n) is 10.1. The number of rotatable bonds is 7. The number of furan rings is 1. The molecule has 0 spiro atoms. The number of benzene rings is 2. The monoisotopic (exact) mass is 493 g/mol. The van der Waals surface area contributed by atoms with Crippen LogP contribution in [0, 0.1) is 6.92 Å². The third kappa shape index (κ3) is 4.71. The maximum Gasteiger partial charge on any atom is 0.295 e. The second kappa shape index (κ2) is 10.1. The van der Waals surface area contributed by atoms with E-state index in [0.29, 0.717) is 41.2 Å². The summed E-state index contributed by atoms with van der Waals surface area (Å²) in [5, 5.41) is 2.06. The van der Waals surface area contributed by atoms with Crippen molar-refractivity contribution in [2.45, 2.75) is 13.8 Å². The Labute approximate surface area is 202 Å². The number of fused-ring (bicyclic) bond motifs is 2. The fourth-order valence-corrected chi connectivity index (χ4v) is 4.68. The summed E-state index contributed by atoms with van der Waals surface area (Å²) in [6.45, 7) is 5.57. The molecule has 0 fully saturated rings.